The number of rotatable bonds is 2. The van der Waals surface area contributed by atoms with Crippen LogP contribution in [-0.2, 0) is 0 Å². The number of aromatic hydroxyl groups is 1. The fraction of sp³-hybridized carbons (Fsp3) is 0.0909. The molecule has 0 saturated heterocycles. The highest BCUT2D eigenvalue weighted by atomic mass is 35.5. The van der Waals surface area contributed by atoms with Gasteiger partial charge in [-0.15, -0.1) is 0 Å². The number of imidazole rings is 1. The first-order valence-electron chi connectivity index (χ1n) is 4.90. The summed E-state index contributed by atoms with van der Waals surface area (Å²) in [4.78, 5) is 4.00. The van der Waals surface area contributed by atoms with E-state index in [0.29, 0.717) is 16.5 Å². The molecule has 0 aliphatic heterocycles. The van der Waals surface area contributed by atoms with E-state index in [-0.39, 0.29) is 5.75 Å². The van der Waals surface area contributed by atoms with E-state index in [9.17, 15) is 5.11 Å². The summed E-state index contributed by atoms with van der Waals surface area (Å²) in [5.74, 6) is 0.397. The number of phenolic OH excluding ortho intramolecular Hbond substituents is 1. The molecule has 2 aromatic rings. The Morgan fingerprint density at radius 3 is 2.94 bits per heavy atom. The number of nitrogens with zero attached hydrogens (tertiary/aromatic N) is 3. The molecule has 0 bridgehead atoms. The normalized spacial score (nSPS) is 11.2. The summed E-state index contributed by atoms with van der Waals surface area (Å²) in [7, 11) is 0. The molecule has 1 aromatic heterocycles. The molecule has 0 atom stereocenters. The van der Waals surface area contributed by atoms with Crippen LogP contribution in [0.25, 0.3) is 0 Å². The van der Waals surface area contributed by atoms with Gasteiger partial charge in [0, 0.05) is 10.6 Å². The number of aromatic nitrogens is 2. The Kier molecular flexibility index (Phi) is 3.01. The number of hydrogen-bond donors (Lipinski definition) is 2. The van der Waals surface area contributed by atoms with Gasteiger partial charge in [-0.25, -0.2) is 9.66 Å². The third-order valence-electron chi connectivity index (χ3n) is 2.15. The number of aryl methyl sites for hydroxylation is 1. The summed E-state index contributed by atoms with van der Waals surface area (Å²) in [5, 5.41) is 14.2. The van der Waals surface area contributed by atoms with Crippen LogP contribution in [0.1, 0.15) is 11.3 Å². The monoisotopic (exact) mass is 250 g/mol. The number of benzene rings is 1. The molecule has 0 radical (unpaired) electrons. The number of nitrogens with two attached hydrogens (primary N) is 1. The summed E-state index contributed by atoms with van der Waals surface area (Å²) in [6.45, 7) is 1.82. The number of halogens is 1. The topological polar surface area (TPSA) is 76.4 Å². The molecule has 0 unspecified atom stereocenters. The van der Waals surface area contributed by atoms with Gasteiger partial charge < -0.3 is 10.8 Å². The zero-order chi connectivity index (χ0) is 12.4. The molecule has 1 heterocycles. The van der Waals surface area contributed by atoms with Crippen LogP contribution >= 0.6 is 11.6 Å². The Balaban J connectivity index is 2.31. The molecule has 0 aliphatic rings. The number of anilines is 1. The van der Waals surface area contributed by atoms with Crippen molar-refractivity contribution in [3.8, 4) is 5.75 Å². The van der Waals surface area contributed by atoms with Crippen molar-refractivity contribution < 1.29 is 5.11 Å². The van der Waals surface area contributed by atoms with E-state index in [1.165, 1.54) is 17.0 Å². The van der Waals surface area contributed by atoms with Crippen LogP contribution in [-0.4, -0.2) is 21.0 Å². The average Bonchev–Trinajstić information content (AvgIpc) is 2.59. The van der Waals surface area contributed by atoms with Crippen molar-refractivity contribution in [3.63, 3.8) is 0 Å². The minimum Gasteiger partial charge on any atom is -0.507 e. The first-order chi connectivity index (χ1) is 8.06. The fourth-order valence-corrected chi connectivity index (χ4v) is 1.53. The van der Waals surface area contributed by atoms with Crippen molar-refractivity contribution in [2.75, 3.05) is 5.73 Å². The predicted molar refractivity (Wildman–Crippen MR) is 67.5 cm³/mol. The van der Waals surface area contributed by atoms with Crippen molar-refractivity contribution in [2.24, 2.45) is 5.10 Å². The van der Waals surface area contributed by atoms with Gasteiger partial charge in [0.1, 0.15) is 5.75 Å². The maximum absolute atomic E-state index is 9.58. The number of hydrogen-bond acceptors (Lipinski definition) is 4. The summed E-state index contributed by atoms with van der Waals surface area (Å²) in [5.41, 5.74) is 6.91. The molecule has 0 saturated carbocycles. The minimum absolute atomic E-state index is 0.105. The standard InChI is InChI=1S/C11H11ClN4O/c1-7-6-16(11(13)15-7)14-5-8-4-9(12)2-3-10(8)17/h2-6,17H,1H3,(H2,13,15). The maximum atomic E-state index is 9.58. The summed E-state index contributed by atoms with van der Waals surface area (Å²) >= 11 is 5.82. The Bertz CT molecular complexity index is 577. The van der Waals surface area contributed by atoms with Crippen molar-refractivity contribution in [1.82, 2.24) is 9.66 Å². The first kappa shape index (κ1) is 11.5. The fourth-order valence-electron chi connectivity index (χ4n) is 1.35. The second kappa shape index (κ2) is 4.47. The second-order valence-corrected chi connectivity index (χ2v) is 3.97. The third kappa shape index (κ3) is 2.57. The molecule has 2 rings (SSSR count). The van der Waals surface area contributed by atoms with Crippen LogP contribution < -0.4 is 5.73 Å². The van der Waals surface area contributed by atoms with E-state index in [1.54, 1.807) is 18.3 Å². The van der Waals surface area contributed by atoms with Crippen molar-refractivity contribution >= 4 is 23.8 Å². The lowest BCUT2D eigenvalue weighted by molar-refractivity contribution is 0.474. The van der Waals surface area contributed by atoms with Gasteiger partial charge in [0.05, 0.1) is 18.1 Å². The van der Waals surface area contributed by atoms with E-state index in [4.69, 9.17) is 17.3 Å². The third-order valence-corrected chi connectivity index (χ3v) is 2.38. The Labute approximate surface area is 103 Å². The first-order valence-corrected chi connectivity index (χ1v) is 5.28. The highest BCUT2D eigenvalue weighted by molar-refractivity contribution is 6.30. The van der Waals surface area contributed by atoms with E-state index < -0.39 is 0 Å². The Morgan fingerprint density at radius 2 is 2.29 bits per heavy atom. The molecule has 6 heteroatoms. The van der Waals surface area contributed by atoms with Crippen LogP contribution in [0, 0.1) is 6.92 Å². The molecule has 1 aromatic carbocycles. The molecule has 0 aliphatic carbocycles. The van der Waals surface area contributed by atoms with Crippen LogP contribution in [0.2, 0.25) is 5.02 Å². The van der Waals surface area contributed by atoms with Gasteiger partial charge in [0.25, 0.3) is 0 Å². The zero-order valence-electron chi connectivity index (χ0n) is 9.13. The van der Waals surface area contributed by atoms with Gasteiger partial charge in [-0.05, 0) is 25.1 Å². The molecule has 3 N–H and O–H groups in total. The Hall–Kier alpha value is -2.01. The minimum atomic E-state index is 0.105. The second-order valence-electron chi connectivity index (χ2n) is 3.53. The lowest BCUT2D eigenvalue weighted by Gasteiger charge is -1.99. The van der Waals surface area contributed by atoms with Gasteiger partial charge >= 0.3 is 0 Å². The average molecular weight is 251 g/mol. The SMILES string of the molecule is Cc1cn(N=Cc2cc(Cl)ccc2O)c(N)n1. The number of phenols is 1. The van der Waals surface area contributed by atoms with Gasteiger partial charge in [0.15, 0.2) is 0 Å². The van der Waals surface area contributed by atoms with Crippen LogP contribution in [0.3, 0.4) is 0 Å². The smallest absolute Gasteiger partial charge is 0.221 e. The molecule has 88 valence electrons. The lowest BCUT2D eigenvalue weighted by atomic mass is 10.2. The molecule has 0 amide bonds. The summed E-state index contributed by atoms with van der Waals surface area (Å²) in [6.07, 6.45) is 3.16. The van der Waals surface area contributed by atoms with E-state index in [0.717, 1.165) is 5.69 Å². The van der Waals surface area contributed by atoms with Gasteiger partial charge in [0.2, 0.25) is 5.95 Å². The van der Waals surface area contributed by atoms with Gasteiger partial charge in [-0.1, -0.05) is 11.6 Å². The van der Waals surface area contributed by atoms with Gasteiger partial charge in [-0.2, -0.15) is 5.10 Å². The van der Waals surface area contributed by atoms with Gasteiger partial charge in [-0.3, -0.25) is 0 Å². The largest absolute Gasteiger partial charge is 0.507 e. The quantitative estimate of drug-likeness (QED) is 0.801. The maximum Gasteiger partial charge on any atom is 0.221 e. The summed E-state index contributed by atoms with van der Waals surface area (Å²) in [6, 6.07) is 4.72. The number of nitrogen functional groups attached to an aromatic ring is 1. The van der Waals surface area contributed by atoms with Crippen LogP contribution in [0.4, 0.5) is 5.95 Å². The highest BCUT2D eigenvalue weighted by Crippen LogP contribution is 2.19. The van der Waals surface area contributed by atoms with Crippen molar-refractivity contribution in [1.29, 1.82) is 0 Å². The zero-order valence-corrected chi connectivity index (χ0v) is 9.89. The van der Waals surface area contributed by atoms with Crippen LogP contribution in [0.15, 0.2) is 29.5 Å². The van der Waals surface area contributed by atoms with E-state index >= 15 is 0 Å². The Morgan fingerprint density at radius 1 is 1.53 bits per heavy atom. The molecular weight excluding hydrogens is 240 g/mol. The molecule has 17 heavy (non-hydrogen) atoms. The molecule has 0 spiro atoms. The predicted octanol–water partition coefficient (Wildman–Crippen LogP) is 2.01. The molecular formula is C11H11ClN4O. The van der Waals surface area contributed by atoms with Crippen LogP contribution in [0.5, 0.6) is 5.75 Å². The highest BCUT2D eigenvalue weighted by Gasteiger charge is 2.01. The molecule has 5 nitrogen and oxygen atoms in total. The van der Waals surface area contributed by atoms with E-state index in [2.05, 4.69) is 10.1 Å². The van der Waals surface area contributed by atoms with E-state index in [1.807, 2.05) is 6.92 Å². The van der Waals surface area contributed by atoms with Crippen molar-refractivity contribution in [2.45, 2.75) is 6.92 Å². The lowest BCUT2D eigenvalue weighted by Crippen LogP contribution is -1.97. The summed E-state index contributed by atoms with van der Waals surface area (Å²) < 4.78 is 1.43. The van der Waals surface area contributed by atoms with Crippen molar-refractivity contribution in [3.05, 3.63) is 40.7 Å². The molecule has 0 fully saturated rings.